The zero-order chi connectivity index (χ0) is 31.9. The first-order valence-corrected chi connectivity index (χ1v) is 15.4. The van der Waals surface area contributed by atoms with Crippen LogP contribution in [0.5, 0.6) is 28.7 Å². The molecule has 236 valence electrons. The summed E-state index contributed by atoms with van der Waals surface area (Å²) in [6, 6.07) is 6.62. The van der Waals surface area contributed by atoms with Crippen LogP contribution in [0.4, 0.5) is 0 Å². The van der Waals surface area contributed by atoms with Crippen molar-refractivity contribution in [3.8, 4) is 40.1 Å². The molecule has 0 bridgehead atoms. The largest absolute Gasteiger partial charge is 0.507 e. The summed E-state index contributed by atoms with van der Waals surface area (Å²) in [6.07, 6.45) is 21.6. The molecule has 8 heteroatoms. The Bertz CT molecular complexity index is 1530. The van der Waals surface area contributed by atoms with Crippen molar-refractivity contribution >= 4 is 16.9 Å². The van der Waals surface area contributed by atoms with Crippen molar-refractivity contribution in [1.82, 2.24) is 0 Å². The van der Waals surface area contributed by atoms with Crippen LogP contribution < -0.4 is 14.9 Å². The van der Waals surface area contributed by atoms with Gasteiger partial charge in [0.05, 0.1) is 6.10 Å². The Morgan fingerprint density at radius 1 is 0.841 bits per heavy atom. The maximum atomic E-state index is 13.5. The Morgan fingerprint density at radius 3 is 2.23 bits per heavy atom. The predicted molar refractivity (Wildman–Crippen MR) is 174 cm³/mol. The molecule has 8 nitrogen and oxygen atoms in total. The zero-order valence-corrected chi connectivity index (χ0v) is 25.9. The first-order chi connectivity index (χ1) is 21.2. The molecule has 1 heterocycles. The number of phenolic OH excluding ortho intramolecular Hbond substituents is 3. The van der Waals surface area contributed by atoms with Crippen LogP contribution >= 0.6 is 0 Å². The van der Waals surface area contributed by atoms with E-state index in [1.165, 1.54) is 30.3 Å². The number of benzene rings is 2. The highest BCUT2D eigenvalue weighted by Crippen LogP contribution is 2.38. The summed E-state index contributed by atoms with van der Waals surface area (Å²) in [5, 5.41) is 30.3. The van der Waals surface area contributed by atoms with Crippen LogP contribution in [0, 0.1) is 0 Å². The van der Waals surface area contributed by atoms with Gasteiger partial charge in [0.2, 0.25) is 11.2 Å². The number of carbonyl (C=O) groups is 1. The lowest BCUT2D eigenvalue weighted by Crippen LogP contribution is -2.16. The van der Waals surface area contributed by atoms with Crippen molar-refractivity contribution in [2.24, 2.45) is 0 Å². The van der Waals surface area contributed by atoms with E-state index in [1.54, 1.807) is 0 Å². The van der Waals surface area contributed by atoms with E-state index in [2.05, 4.69) is 43.4 Å². The molecule has 3 N–H and O–H groups in total. The molecule has 0 fully saturated rings. The van der Waals surface area contributed by atoms with Gasteiger partial charge in [-0.1, -0.05) is 62.6 Å². The minimum Gasteiger partial charge on any atom is -0.507 e. The molecule has 0 atom stereocenters. The van der Waals surface area contributed by atoms with Crippen LogP contribution in [0.15, 0.2) is 76.0 Å². The van der Waals surface area contributed by atoms with E-state index in [0.29, 0.717) is 6.42 Å². The molecule has 0 saturated carbocycles. The van der Waals surface area contributed by atoms with Gasteiger partial charge in [0, 0.05) is 24.1 Å². The summed E-state index contributed by atoms with van der Waals surface area (Å²) in [5.74, 6) is -2.03. The van der Waals surface area contributed by atoms with Crippen LogP contribution in [-0.4, -0.2) is 27.4 Å². The molecule has 1 aromatic heterocycles. The van der Waals surface area contributed by atoms with E-state index >= 15 is 0 Å². The minimum atomic E-state index is -0.743. The van der Waals surface area contributed by atoms with Gasteiger partial charge in [0.1, 0.15) is 22.5 Å². The first-order valence-electron chi connectivity index (χ1n) is 15.4. The van der Waals surface area contributed by atoms with Crippen molar-refractivity contribution in [3.63, 3.8) is 0 Å². The fourth-order valence-electron chi connectivity index (χ4n) is 4.60. The quantitative estimate of drug-likeness (QED) is 0.0604. The monoisotopic (exact) mass is 604 g/mol. The Kier molecular flexibility index (Phi) is 13.6. The molecule has 0 saturated heterocycles. The van der Waals surface area contributed by atoms with E-state index in [9.17, 15) is 24.9 Å². The minimum absolute atomic E-state index is 0.0131. The molecule has 0 aliphatic rings. The van der Waals surface area contributed by atoms with Gasteiger partial charge in [-0.3, -0.25) is 9.59 Å². The lowest BCUT2D eigenvalue weighted by atomic mass is 10.1. The van der Waals surface area contributed by atoms with Gasteiger partial charge >= 0.3 is 5.97 Å². The summed E-state index contributed by atoms with van der Waals surface area (Å²) in [7, 11) is 0. The SMILES string of the molecule is CC/C=C\C/C=C\C/C=C\CCCCCCCC(=O)Oc1c(-c2ccc(O)c(O)c2)oc2cc(OC(C)C)cc(O)c2c1=O. The van der Waals surface area contributed by atoms with Gasteiger partial charge in [-0.2, -0.15) is 0 Å². The third-order valence-electron chi connectivity index (χ3n) is 6.76. The van der Waals surface area contributed by atoms with Crippen molar-refractivity contribution in [1.29, 1.82) is 0 Å². The van der Waals surface area contributed by atoms with Crippen LogP contribution in [0.3, 0.4) is 0 Å². The van der Waals surface area contributed by atoms with Gasteiger partial charge in [-0.15, -0.1) is 0 Å². The van der Waals surface area contributed by atoms with Crippen LogP contribution in [0.25, 0.3) is 22.3 Å². The highest BCUT2D eigenvalue weighted by Gasteiger charge is 2.24. The Morgan fingerprint density at radius 2 is 1.52 bits per heavy atom. The second-order valence-electron chi connectivity index (χ2n) is 10.8. The number of ether oxygens (including phenoxy) is 2. The van der Waals surface area contributed by atoms with E-state index in [0.717, 1.165) is 51.4 Å². The standard InChI is InChI=1S/C36H44O8/c1-4-5-6-7-8-9-10-11-12-13-14-15-16-17-18-19-32(40)44-36-34(41)33-30(39)23-27(42-25(2)3)24-31(33)43-35(36)26-20-21-28(37)29(38)22-26/h5-6,8-9,11-12,20-25,37-39H,4,7,10,13-19H2,1-3H3/b6-5-,9-8-,12-11-. The maximum absolute atomic E-state index is 13.5. The van der Waals surface area contributed by atoms with Crippen molar-refractivity contribution in [2.45, 2.75) is 91.1 Å². The van der Waals surface area contributed by atoms with Crippen molar-refractivity contribution < 1.29 is 34.0 Å². The number of fused-ring (bicyclic) bond motifs is 1. The molecule has 0 aliphatic carbocycles. The number of aromatic hydroxyl groups is 3. The highest BCUT2D eigenvalue weighted by atomic mass is 16.5. The lowest BCUT2D eigenvalue weighted by molar-refractivity contribution is -0.134. The second kappa shape index (κ2) is 17.6. The number of hydrogen-bond donors (Lipinski definition) is 3. The number of phenols is 3. The number of allylic oxidation sites excluding steroid dienone is 6. The number of unbranched alkanes of at least 4 members (excludes halogenated alkanes) is 5. The van der Waals surface area contributed by atoms with Crippen molar-refractivity contribution in [2.75, 3.05) is 0 Å². The van der Waals surface area contributed by atoms with Gasteiger partial charge in [-0.05, 0) is 70.6 Å². The molecule has 0 spiro atoms. The fourth-order valence-corrected chi connectivity index (χ4v) is 4.60. The topological polar surface area (TPSA) is 126 Å². The molecule has 3 aromatic rings. The number of rotatable bonds is 17. The first kappa shape index (κ1) is 34.0. The lowest BCUT2D eigenvalue weighted by Gasteiger charge is -2.14. The van der Waals surface area contributed by atoms with Gasteiger partial charge in [0.15, 0.2) is 17.3 Å². The molecular weight excluding hydrogens is 560 g/mol. The Balaban J connectivity index is 1.60. The summed E-state index contributed by atoms with van der Waals surface area (Å²) in [4.78, 5) is 26.3. The summed E-state index contributed by atoms with van der Waals surface area (Å²) >= 11 is 0. The molecule has 0 amide bonds. The van der Waals surface area contributed by atoms with Crippen LogP contribution in [0.1, 0.15) is 85.0 Å². The second-order valence-corrected chi connectivity index (χ2v) is 10.8. The fraction of sp³-hybridized carbons (Fsp3) is 0.389. The normalized spacial score (nSPS) is 11.9. The average Bonchev–Trinajstić information content (AvgIpc) is 2.97. The van der Waals surface area contributed by atoms with Crippen LogP contribution in [-0.2, 0) is 4.79 Å². The molecule has 3 rings (SSSR count). The molecular formula is C36H44O8. The van der Waals surface area contributed by atoms with E-state index in [4.69, 9.17) is 13.9 Å². The van der Waals surface area contributed by atoms with E-state index in [-0.39, 0.29) is 52.1 Å². The average molecular weight is 605 g/mol. The smallest absolute Gasteiger partial charge is 0.311 e. The van der Waals surface area contributed by atoms with E-state index in [1.807, 2.05) is 13.8 Å². The van der Waals surface area contributed by atoms with Crippen LogP contribution in [0.2, 0.25) is 0 Å². The van der Waals surface area contributed by atoms with Gasteiger partial charge in [0.25, 0.3) is 0 Å². The Hall–Kier alpha value is -4.46. The molecule has 0 radical (unpaired) electrons. The maximum Gasteiger partial charge on any atom is 0.311 e. The van der Waals surface area contributed by atoms with Crippen molar-refractivity contribution in [3.05, 3.63) is 77.0 Å². The zero-order valence-electron chi connectivity index (χ0n) is 25.9. The molecule has 0 unspecified atom stereocenters. The number of carbonyl (C=O) groups excluding carboxylic acids is 1. The highest BCUT2D eigenvalue weighted by molar-refractivity contribution is 5.89. The molecule has 0 aliphatic heterocycles. The van der Waals surface area contributed by atoms with Gasteiger partial charge in [-0.25, -0.2) is 0 Å². The van der Waals surface area contributed by atoms with E-state index < -0.39 is 22.9 Å². The molecule has 2 aromatic carbocycles. The van der Waals surface area contributed by atoms with Gasteiger partial charge < -0.3 is 29.2 Å². The third kappa shape index (κ3) is 10.4. The summed E-state index contributed by atoms with van der Waals surface area (Å²) in [6.45, 7) is 5.76. The summed E-state index contributed by atoms with van der Waals surface area (Å²) in [5.41, 5.74) is -0.530. The number of esters is 1. The Labute approximate surface area is 259 Å². The third-order valence-corrected chi connectivity index (χ3v) is 6.76. The summed E-state index contributed by atoms with van der Waals surface area (Å²) < 4.78 is 17.1. The predicted octanol–water partition coefficient (Wildman–Crippen LogP) is 8.86. The molecule has 44 heavy (non-hydrogen) atoms. The number of hydrogen-bond acceptors (Lipinski definition) is 8.